The molecule has 17 heavy (non-hydrogen) atoms. The second-order valence-electron chi connectivity index (χ2n) is 4.84. The molecule has 0 aromatic carbocycles. The minimum Gasteiger partial charge on any atom is -0.481 e. The van der Waals surface area contributed by atoms with E-state index >= 15 is 0 Å². The summed E-state index contributed by atoms with van der Waals surface area (Å²) in [7, 11) is 1.79. The minimum atomic E-state index is -0.814. The molecule has 6 nitrogen and oxygen atoms in total. The Morgan fingerprint density at radius 2 is 2.12 bits per heavy atom. The van der Waals surface area contributed by atoms with Crippen LogP contribution in [0.4, 0.5) is 0 Å². The van der Waals surface area contributed by atoms with E-state index in [1.807, 2.05) is 0 Å². The largest absolute Gasteiger partial charge is 0.481 e. The van der Waals surface area contributed by atoms with Crippen molar-refractivity contribution >= 4 is 11.9 Å². The molecule has 1 aliphatic carbocycles. The van der Waals surface area contributed by atoms with Crippen molar-refractivity contribution in [1.29, 1.82) is 0 Å². The van der Waals surface area contributed by atoms with Gasteiger partial charge < -0.3 is 20.5 Å². The predicted octanol–water partition coefficient (Wildman–Crippen LogP) is -0.798. The maximum absolute atomic E-state index is 11.9. The summed E-state index contributed by atoms with van der Waals surface area (Å²) in [5, 5.41) is 14.8. The summed E-state index contributed by atoms with van der Waals surface area (Å²) in [5.74, 6) is -1.15. The number of carbonyl (C=O) groups is 2. The monoisotopic (exact) mass is 242 g/mol. The van der Waals surface area contributed by atoms with Crippen LogP contribution in [0, 0.1) is 11.3 Å². The molecule has 0 radical (unpaired) electrons. The fourth-order valence-electron chi connectivity index (χ4n) is 2.10. The zero-order valence-electron chi connectivity index (χ0n) is 9.86. The average Bonchev–Trinajstić information content (AvgIpc) is 2.96. The normalized spacial score (nSPS) is 29.9. The molecule has 1 heterocycles. The molecule has 0 spiro atoms. The lowest BCUT2D eigenvalue weighted by molar-refractivity contribution is -0.143. The summed E-state index contributed by atoms with van der Waals surface area (Å²) in [6.07, 6.45) is 1.30. The van der Waals surface area contributed by atoms with Crippen LogP contribution < -0.4 is 10.6 Å². The van der Waals surface area contributed by atoms with Crippen LogP contribution >= 0.6 is 0 Å². The van der Waals surface area contributed by atoms with Crippen LogP contribution in [-0.2, 0) is 14.3 Å². The Bertz CT molecular complexity index is 327. The molecule has 2 aliphatic rings. The van der Waals surface area contributed by atoms with Gasteiger partial charge in [-0.15, -0.1) is 0 Å². The summed E-state index contributed by atoms with van der Waals surface area (Å²) >= 11 is 0. The quantitative estimate of drug-likeness (QED) is 0.587. The number of likely N-dealkylation sites (N-methyl/N-ethyl adjacent to an activating group) is 1. The number of rotatable bonds is 5. The van der Waals surface area contributed by atoms with Crippen molar-refractivity contribution in [3.63, 3.8) is 0 Å². The average molecular weight is 242 g/mol. The second kappa shape index (κ2) is 4.62. The maximum atomic E-state index is 11.9. The Morgan fingerprint density at radius 3 is 2.65 bits per heavy atom. The van der Waals surface area contributed by atoms with Gasteiger partial charge in [0.2, 0.25) is 5.91 Å². The number of aliphatic carboxylic acids is 1. The first-order valence-corrected chi connectivity index (χ1v) is 5.85. The molecule has 0 aromatic rings. The highest BCUT2D eigenvalue weighted by molar-refractivity contribution is 5.82. The van der Waals surface area contributed by atoms with Crippen LogP contribution in [0.2, 0.25) is 0 Å². The first-order chi connectivity index (χ1) is 8.09. The number of hydrogen-bond acceptors (Lipinski definition) is 4. The Hall–Kier alpha value is -1.14. The van der Waals surface area contributed by atoms with Crippen molar-refractivity contribution in [1.82, 2.24) is 10.6 Å². The van der Waals surface area contributed by atoms with Crippen molar-refractivity contribution in [2.45, 2.75) is 18.9 Å². The Labute approximate surface area is 99.7 Å². The fraction of sp³-hybridized carbons (Fsp3) is 0.818. The molecule has 3 N–H and O–H groups in total. The summed E-state index contributed by atoms with van der Waals surface area (Å²) in [6.45, 7) is 1.16. The van der Waals surface area contributed by atoms with Crippen molar-refractivity contribution in [2.75, 3.05) is 26.8 Å². The highest BCUT2D eigenvalue weighted by Gasteiger charge is 2.50. The second-order valence-corrected chi connectivity index (χ2v) is 4.84. The van der Waals surface area contributed by atoms with E-state index in [0.29, 0.717) is 26.1 Å². The molecule has 2 rings (SSSR count). The third-order valence-electron chi connectivity index (χ3n) is 3.70. The molecule has 2 fully saturated rings. The first-order valence-electron chi connectivity index (χ1n) is 5.85. The van der Waals surface area contributed by atoms with Gasteiger partial charge in [0.15, 0.2) is 0 Å². The minimum absolute atomic E-state index is 0.0231. The molecule has 1 aliphatic heterocycles. The van der Waals surface area contributed by atoms with E-state index in [2.05, 4.69) is 10.6 Å². The molecular weight excluding hydrogens is 224 g/mol. The molecule has 1 amide bonds. The smallest absolute Gasteiger partial charge is 0.311 e. The van der Waals surface area contributed by atoms with Crippen LogP contribution in [-0.4, -0.2) is 49.8 Å². The van der Waals surface area contributed by atoms with E-state index in [0.717, 1.165) is 0 Å². The van der Waals surface area contributed by atoms with E-state index in [9.17, 15) is 9.59 Å². The molecular formula is C11H18N2O4. The van der Waals surface area contributed by atoms with Gasteiger partial charge in [-0.25, -0.2) is 0 Å². The molecule has 2 unspecified atom stereocenters. The van der Waals surface area contributed by atoms with Crippen molar-refractivity contribution in [3.05, 3.63) is 0 Å². The number of hydrogen-bond donors (Lipinski definition) is 3. The lowest BCUT2D eigenvalue weighted by Crippen LogP contribution is -2.44. The summed E-state index contributed by atoms with van der Waals surface area (Å²) in [4.78, 5) is 22.8. The van der Waals surface area contributed by atoms with E-state index < -0.39 is 11.4 Å². The van der Waals surface area contributed by atoms with Gasteiger partial charge in [-0.2, -0.15) is 0 Å². The van der Waals surface area contributed by atoms with E-state index in [4.69, 9.17) is 9.84 Å². The SMILES string of the molecule is CNC1COCC1C(=O)NCC1(C(=O)O)CC1. The van der Waals surface area contributed by atoms with Crippen molar-refractivity contribution in [3.8, 4) is 0 Å². The standard InChI is InChI=1S/C11H18N2O4/c1-12-8-5-17-4-7(8)9(14)13-6-11(2-3-11)10(15)16/h7-8,12H,2-6H2,1H3,(H,13,14)(H,15,16). The molecule has 0 aromatic heterocycles. The maximum Gasteiger partial charge on any atom is 0.311 e. The zero-order valence-corrected chi connectivity index (χ0v) is 9.86. The van der Waals surface area contributed by atoms with Gasteiger partial charge in [0.1, 0.15) is 0 Å². The topological polar surface area (TPSA) is 87.7 Å². The van der Waals surface area contributed by atoms with E-state index in [1.54, 1.807) is 7.05 Å². The fourth-order valence-corrected chi connectivity index (χ4v) is 2.10. The Balaban J connectivity index is 1.83. The van der Waals surface area contributed by atoms with Gasteiger partial charge in [0.25, 0.3) is 0 Å². The zero-order chi connectivity index (χ0) is 12.5. The lowest BCUT2D eigenvalue weighted by Gasteiger charge is -2.18. The van der Waals surface area contributed by atoms with Crippen LogP contribution in [0.25, 0.3) is 0 Å². The van der Waals surface area contributed by atoms with Crippen LogP contribution in [0.5, 0.6) is 0 Å². The summed E-state index contributed by atoms with van der Waals surface area (Å²) < 4.78 is 5.24. The summed E-state index contributed by atoms with van der Waals surface area (Å²) in [6, 6.07) is 0.0231. The van der Waals surface area contributed by atoms with Gasteiger partial charge >= 0.3 is 5.97 Å². The molecule has 6 heteroatoms. The number of ether oxygens (including phenoxy) is 1. The number of amides is 1. The van der Waals surface area contributed by atoms with Gasteiger partial charge in [-0.05, 0) is 19.9 Å². The number of carboxylic acids is 1. The molecule has 1 saturated carbocycles. The molecule has 1 saturated heterocycles. The van der Waals surface area contributed by atoms with E-state index in [-0.39, 0.29) is 24.4 Å². The van der Waals surface area contributed by atoms with Gasteiger partial charge in [0, 0.05) is 12.6 Å². The Kier molecular flexibility index (Phi) is 3.35. The van der Waals surface area contributed by atoms with Gasteiger partial charge in [-0.1, -0.05) is 0 Å². The first kappa shape index (κ1) is 12.3. The number of nitrogens with one attached hydrogen (secondary N) is 2. The van der Waals surface area contributed by atoms with Crippen LogP contribution in [0.1, 0.15) is 12.8 Å². The highest BCUT2D eigenvalue weighted by Crippen LogP contribution is 2.45. The Morgan fingerprint density at radius 1 is 1.41 bits per heavy atom. The number of carboxylic acid groups (broad SMARTS) is 1. The van der Waals surface area contributed by atoms with Crippen LogP contribution in [0.3, 0.4) is 0 Å². The molecule has 96 valence electrons. The molecule has 2 atom stereocenters. The molecule has 0 bridgehead atoms. The predicted molar refractivity (Wildman–Crippen MR) is 59.5 cm³/mol. The highest BCUT2D eigenvalue weighted by atomic mass is 16.5. The van der Waals surface area contributed by atoms with Crippen LogP contribution in [0.15, 0.2) is 0 Å². The van der Waals surface area contributed by atoms with Gasteiger partial charge in [-0.3, -0.25) is 9.59 Å². The van der Waals surface area contributed by atoms with Gasteiger partial charge in [0.05, 0.1) is 24.5 Å². The third kappa shape index (κ3) is 2.42. The summed E-state index contributed by atoms with van der Waals surface area (Å²) in [5.41, 5.74) is -0.704. The van der Waals surface area contributed by atoms with Crippen molar-refractivity contribution in [2.24, 2.45) is 11.3 Å². The van der Waals surface area contributed by atoms with E-state index in [1.165, 1.54) is 0 Å². The van der Waals surface area contributed by atoms with Crippen molar-refractivity contribution < 1.29 is 19.4 Å². The number of carbonyl (C=O) groups excluding carboxylic acids is 1. The lowest BCUT2D eigenvalue weighted by atomic mass is 10.0. The third-order valence-corrected chi connectivity index (χ3v) is 3.70.